The summed E-state index contributed by atoms with van der Waals surface area (Å²) in [4.78, 5) is 6.46. The number of aromatic nitrogens is 2. The molecule has 0 spiro atoms. The Morgan fingerprint density at radius 1 is 1.53 bits per heavy atom. The van der Waals surface area contributed by atoms with Crippen molar-refractivity contribution in [1.29, 1.82) is 0 Å². The van der Waals surface area contributed by atoms with Gasteiger partial charge in [-0.05, 0) is 25.7 Å². The van der Waals surface area contributed by atoms with Crippen molar-refractivity contribution in [3.63, 3.8) is 0 Å². The highest BCUT2D eigenvalue weighted by Crippen LogP contribution is 2.29. The van der Waals surface area contributed by atoms with Crippen LogP contribution in [0.2, 0.25) is 0 Å². The Hall–Kier alpha value is -1.03. The van der Waals surface area contributed by atoms with Gasteiger partial charge < -0.3 is 14.8 Å². The minimum Gasteiger partial charge on any atom is -0.348 e. The maximum atomic E-state index is 4.42. The summed E-state index contributed by atoms with van der Waals surface area (Å²) in [7, 11) is 6.13. The van der Waals surface area contributed by atoms with E-state index in [2.05, 4.69) is 28.8 Å². The van der Waals surface area contributed by atoms with Crippen molar-refractivity contribution < 1.29 is 0 Å². The first-order valence-corrected chi connectivity index (χ1v) is 6.51. The fourth-order valence-electron chi connectivity index (χ4n) is 2.39. The highest BCUT2D eigenvalue weighted by molar-refractivity contribution is 5.30. The molecule has 1 aliphatic rings. The van der Waals surface area contributed by atoms with Crippen molar-refractivity contribution in [1.82, 2.24) is 14.9 Å². The second-order valence-corrected chi connectivity index (χ2v) is 5.36. The third kappa shape index (κ3) is 2.63. The maximum absolute atomic E-state index is 4.42. The van der Waals surface area contributed by atoms with Crippen molar-refractivity contribution in [3.8, 4) is 0 Å². The van der Waals surface area contributed by atoms with Gasteiger partial charge >= 0.3 is 0 Å². The lowest BCUT2D eigenvalue weighted by atomic mass is 9.80. The number of hydrogen-bond acceptors (Lipinski definition) is 3. The number of imidazole rings is 1. The summed E-state index contributed by atoms with van der Waals surface area (Å²) in [5, 5.41) is 3.61. The van der Waals surface area contributed by atoms with Gasteiger partial charge in [-0.1, -0.05) is 6.42 Å². The van der Waals surface area contributed by atoms with Crippen molar-refractivity contribution in [2.24, 2.45) is 13.0 Å². The third-order valence-corrected chi connectivity index (χ3v) is 3.92. The van der Waals surface area contributed by atoms with Crippen molar-refractivity contribution in [2.75, 3.05) is 19.0 Å². The van der Waals surface area contributed by atoms with Crippen LogP contribution in [0.1, 0.15) is 31.9 Å². The predicted molar refractivity (Wildman–Crippen MR) is 71.2 cm³/mol. The van der Waals surface area contributed by atoms with Gasteiger partial charge in [0.2, 0.25) is 5.95 Å². The molecule has 0 aliphatic heterocycles. The van der Waals surface area contributed by atoms with E-state index in [9.17, 15) is 0 Å². The summed E-state index contributed by atoms with van der Waals surface area (Å²) in [6.07, 6.45) is 6.16. The Labute approximate surface area is 104 Å². The number of rotatable bonds is 5. The van der Waals surface area contributed by atoms with Gasteiger partial charge in [0.1, 0.15) is 0 Å². The Morgan fingerprint density at radius 3 is 2.71 bits per heavy atom. The minimum atomic E-state index is 0.626. The van der Waals surface area contributed by atoms with Crippen LogP contribution in [0.4, 0.5) is 5.95 Å². The van der Waals surface area contributed by atoms with E-state index in [1.54, 1.807) is 0 Å². The molecule has 1 saturated carbocycles. The zero-order valence-electron chi connectivity index (χ0n) is 11.4. The van der Waals surface area contributed by atoms with Crippen LogP contribution in [0, 0.1) is 5.92 Å². The van der Waals surface area contributed by atoms with Crippen molar-refractivity contribution >= 4 is 5.95 Å². The molecule has 1 aromatic heterocycles. The van der Waals surface area contributed by atoms with Gasteiger partial charge in [-0.25, -0.2) is 4.98 Å². The zero-order chi connectivity index (χ0) is 12.4. The Morgan fingerprint density at radius 2 is 2.24 bits per heavy atom. The summed E-state index contributed by atoms with van der Waals surface area (Å²) < 4.78 is 2.15. The van der Waals surface area contributed by atoms with Crippen LogP contribution in [0.15, 0.2) is 6.20 Å². The second kappa shape index (κ2) is 5.08. The monoisotopic (exact) mass is 236 g/mol. The smallest absolute Gasteiger partial charge is 0.204 e. The molecule has 1 N–H and O–H groups in total. The molecular weight excluding hydrogens is 212 g/mol. The maximum Gasteiger partial charge on any atom is 0.204 e. The van der Waals surface area contributed by atoms with Crippen LogP contribution >= 0.6 is 0 Å². The first-order chi connectivity index (χ1) is 8.09. The predicted octanol–water partition coefficient (Wildman–Crippen LogP) is 1.76. The molecule has 4 heteroatoms. The van der Waals surface area contributed by atoms with Gasteiger partial charge in [0.15, 0.2) is 0 Å². The van der Waals surface area contributed by atoms with Gasteiger partial charge in [0, 0.05) is 33.7 Å². The fraction of sp³-hybridized carbons (Fsp3) is 0.769. The van der Waals surface area contributed by atoms with Crippen LogP contribution in [-0.2, 0) is 13.6 Å². The Bertz CT molecular complexity index is 365. The van der Waals surface area contributed by atoms with Crippen LogP contribution in [0.3, 0.4) is 0 Å². The number of nitrogens with zero attached hydrogens (tertiary/aromatic N) is 3. The molecule has 0 saturated heterocycles. The van der Waals surface area contributed by atoms with E-state index in [4.69, 9.17) is 0 Å². The average molecular weight is 236 g/mol. The molecular formula is C13H24N4. The molecule has 17 heavy (non-hydrogen) atoms. The van der Waals surface area contributed by atoms with E-state index in [1.807, 2.05) is 25.2 Å². The first kappa shape index (κ1) is 12.4. The molecule has 0 aromatic carbocycles. The first-order valence-electron chi connectivity index (χ1n) is 6.51. The SMILES string of the molecule is CC(NCc1cnc(N(C)C)n1C)C1CCC1. The summed E-state index contributed by atoms with van der Waals surface area (Å²) in [5.41, 5.74) is 1.25. The molecule has 1 fully saturated rings. The molecule has 1 aromatic rings. The second-order valence-electron chi connectivity index (χ2n) is 5.36. The zero-order valence-corrected chi connectivity index (χ0v) is 11.4. The lowest BCUT2D eigenvalue weighted by Crippen LogP contribution is -2.37. The van der Waals surface area contributed by atoms with E-state index in [1.165, 1.54) is 25.0 Å². The summed E-state index contributed by atoms with van der Waals surface area (Å²) in [6.45, 7) is 3.21. The lowest BCUT2D eigenvalue weighted by molar-refractivity contribution is 0.239. The van der Waals surface area contributed by atoms with E-state index in [-0.39, 0.29) is 0 Å². The summed E-state index contributed by atoms with van der Waals surface area (Å²) in [5.74, 6) is 1.90. The molecule has 96 valence electrons. The van der Waals surface area contributed by atoms with Crippen LogP contribution < -0.4 is 10.2 Å². The van der Waals surface area contributed by atoms with Gasteiger partial charge in [0.05, 0.1) is 11.9 Å². The Balaban J connectivity index is 1.90. The van der Waals surface area contributed by atoms with E-state index >= 15 is 0 Å². The minimum absolute atomic E-state index is 0.626. The topological polar surface area (TPSA) is 33.1 Å². The number of hydrogen-bond donors (Lipinski definition) is 1. The van der Waals surface area contributed by atoms with Gasteiger partial charge in [-0.3, -0.25) is 0 Å². The fourth-order valence-corrected chi connectivity index (χ4v) is 2.39. The molecule has 1 unspecified atom stereocenters. The van der Waals surface area contributed by atoms with Gasteiger partial charge in [-0.2, -0.15) is 0 Å². The molecule has 0 amide bonds. The molecule has 0 bridgehead atoms. The highest BCUT2D eigenvalue weighted by atomic mass is 15.3. The van der Waals surface area contributed by atoms with E-state index < -0.39 is 0 Å². The van der Waals surface area contributed by atoms with E-state index in [0.29, 0.717) is 6.04 Å². The third-order valence-electron chi connectivity index (χ3n) is 3.92. The molecule has 4 nitrogen and oxygen atoms in total. The summed E-state index contributed by atoms with van der Waals surface area (Å²) >= 11 is 0. The molecule has 1 heterocycles. The molecule has 1 atom stereocenters. The normalized spacial score (nSPS) is 17.9. The van der Waals surface area contributed by atoms with Gasteiger partial charge in [-0.15, -0.1) is 0 Å². The quantitative estimate of drug-likeness (QED) is 0.845. The Kier molecular flexibility index (Phi) is 3.72. The number of nitrogens with one attached hydrogen (secondary N) is 1. The van der Waals surface area contributed by atoms with Crippen molar-refractivity contribution in [2.45, 2.75) is 38.8 Å². The van der Waals surface area contributed by atoms with Gasteiger partial charge in [0.25, 0.3) is 0 Å². The highest BCUT2D eigenvalue weighted by Gasteiger charge is 2.23. The molecule has 0 radical (unpaired) electrons. The standard InChI is InChI=1S/C13H24N4/c1-10(11-6-5-7-11)14-8-12-9-15-13(16(2)3)17(12)4/h9-11,14H,5-8H2,1-4H3. The number of anilines is 1. The molecule has 2 rings (SSSR count). The lowest BCUT2D eigenvalue weighted by Gasteiger charge is -2.32. The molecule has 1 aliphatic carbocycles. The largest absolute Gasteiger partial charge is 0.348 e. The van der Waals surface area contributed by atoms with Crippen LogP contribution in [0.5, 0.6) is 0 Å². The van der Waals surface area contributed by atoms with Crippen molar-refractivity contribution in [3.05, 3.63) is 11.9 Å². The summed E-state index contributed by atoms with van der Waals surface area (Å²) in [6, 6.07) is 0.626. The van der Waals surface area contributed by atoms with Crippen LogP contribution in [-0.4, -0.2) is 29.7 Å². The average Bonchev–Trinajstić information content (AvgIpc) is 2.54. The van der Waals surface area contributed by atoms with E-state index in [0.717, 1.165) is 18.4 Å². The van der Waals surface area contributed by atoms with Crippen LogP contribution in [0.25, 0.3) is 0 Å².